The number of likely N-dealkylation sites (tertiary alicyclic amines) is 1. The van der Waals surface area contributed by atoms with Crippen molar-refractivity contribution >= 4 is 33.7 Å². The molecule has 0 saturated carbocycles. The van der Waals surface area contributed by atoms with E-state index in [9.17, 15) is 0 Å². The van der Waals surface area contributed by atoms with E-state index >= 15 is 0 Å². The van der Waals surface area contributed by atoms with Gasteiger partial charge in [0.05, 0.1) is 19.2 Å². The van der Waals surface area contributed by atoms with Crippen molar-refractivity contribution in [2.24, 2.45) is 0 Å². The smallest absolute Gasteiger partial charge is 0.222 e. The van der Waals surface area contributed by atoms with Crippen LogP contribution in [0.1, 0.15) is 50.7 Å². The molecule has 0 unspecified atom stereocenters. The van der Waals surface area contributed by atoms with Gasteiger partial charge in [-0.2, -0.15) is 4.98 Å². The Kier molecular flexibility index (Phi) is 11.0. The Morgan fingerprint density at radius 3 is 2.58 bits per heavy atom. The van der Waals surface area contributed by atoms with E-state index in [1.165, 1.54) is 31.5 Å². The second-order valence-electron chi connectivity index (χ2n) is 10.2. The van der Waals surface area contributed by atoms with Gasteiger partial charge in [-0.3, -0.25) is 0 Å². The van der Waals surface area contributed by atoms with Crippen molar-refractivity contribution < 1.29 is 9.84 Å². The summed E-state index contributed by atoms with van der Waals surface area (Å²) in [6, 6.07) is 14.8. The number of hydrogen-bond acceptors (Lipinski definition) is 8. The molecule has 0 radical (unpaired) electrons. The summed E-state index contributed by atoms with van der Waals surface area (Å²) >= 11 is 0. The Labute approximate surface area is 237 Å². The van der Waals surface area contributed by atoms with Crippen LogP contribution in [-0.4, -0.2) is 71.0 Å². The van der Waals surface area contributed by atoms with Crippen LogP contribution >= 0.6 is 0 Å². The lowest BCUT2D eigenvalue weighted by atomic mass is 10.1. The van der Waals surface area contributed by atoms with Crippen LogP contribution < -0.4 is 21.1 Å². The highest BCUT2D eigenvalue weighted by Gasteiger charge is 2.19. The molecule has 0 atom stereocenters. The number of hydrogen-bond donors (Lipinski definition) is 4. The summed E-state index contributed by atoms with van der Waals surface area (Å²) in [5.74, 6) is 1.95. The predicted molar refractivity (Wildman–Crippen MR) is 165 cm³/mol. The fourth-order valence-corrected chi connectivity index (χ4v) is 5.33. The van der Waals surface area contributed by atoms with Crippen molar-refractivity contribution in [3.05, 3.63) is 53.6 Å². The van der Waals surface area contributed by atoms with E-state index in [0.29, 0.717) is 6.54 Å². The molecule has 0 amide bonds. The monoisotopic (exact) mass is 547 g/mol. The molecule has 1 aliphatic rings. The van der Waals surface area contributed by atoms with Crippen LogP contribution in [0.2, 0.25) is 0 Å². The molecule has 0 spiro atoms. The number of nitrogens with two attached hydrogens (primary N) is 1. The zero-order chi connectivity index (χ0) is 28.3. The average molecular weight is 548 g/mol. The predicted octanol–water partition coefficient (Wildman–Crippen LogP) is 4.62. The largest absolute Gasteiger partial charge is 0.496 e. The summed E-state index contributed by atoms with van der Waals surface area (Å²) in [6.45, 7) is 11.0. The molecule has 9 nitrogen and oxygen atoms in total. The van der Waals surface area contributed by atoms with Gasteiger partial charge in [0.1, 0.15) is 16.8 Å². The number of benzene rings is 2. The highest BCUT2D eigenvalue weighted by Crippen LogP contribution is 2.34. The number of nitrogens with zero attached hydrogens (tertiary/aromatic N) is 4. The third-order valence-corrected chi connectivity index (χ3v) is 7.25. The van der Waals surface area contributed by atoms with Gasteiger partial charge in [-0.15, -0.1) is 0 Å². The number of aliphatic hydroxyl groups is 1. The molecule has 5 N–H and O–H groups in total. The first-order chi connectivity index (χ1) is 19.6. The second-order valence-corrected chi connectivity index (χ2v) is 10.2. The molecule has 9 heteroatoms. The molecule has 1 aliphatic heterocycles. The van der Waals surface area contributed by atoms with Crippen LogP contribution in [0.15, 0.2) is 42.5 Å². The van der Waals surface area contributed by atoms with Gasteiger partial charge in [0.2, 0.25) is 5.95 Å². The van der Waals surface area contributed by atoms with Crippen LogP contribution in [0, 0.1) is 0 Å². The van der Waals surface area contributed by atoms with Crippen LogP contribution in [0.4, 0.5) is 11.8 Å². The summed E-state index contributed by atoms with van der Waals surface area (Å²) in [6.07, 6.45) is 4.83. The van der Waals surface area contributed by atoms with E-state index in [-0.39, 0.29) is 12.6 Å². The lowest BCUT2D eigenvalue weighted by molar-refractivity contribution is 0.318. The Hall–Kier alpha value is -3.40. The summed E-state index contributed by atoms with van der Waals surface area (Å²) in [5, 5.41) is 15.8. The molecule has 1 fully saturated rings. The van der Waals surface area contributed by atoms with E-state index in [4.69, 9.17) is 15.6 Å². The highest BCUT2D eigenvalue weighted by molar-refractivity contribution is 6.09. The first-order valence-corrected chi connectivity index (χ1v) is 14.6. The minimum atomic E-state index is 0.250. The fraction of sp³-hybridized carbons (Fsp3) is 0.484. The van der Waals surface area contributed by atoms with Crippen molar-refractivity contribution in [2.45, 2.75) is 52.6 Å². The normalized spacial score (nSPS) is 13.5. The van der Waals surface area contributed by atoms with E-state index in [1.807, 2.05) is 6.07 Å². The molecule has 0 bridgehead atoms. The van der Waals surface area contributed by atoms with Crippen LogP contribution in [0.5, 0.6) is 5.75 Å². The number of aliphatic hydroxyl groups excluding tert-OH is 1. The molecule has 2 aromatic carbocycles. The first-order valence-electron chi connectivity index (χ1n) is 14.6. The van der Waals surface area contributed by atoms with Crippen molar-refractivity contribution in [2.75, 3.05) is 57.5 Å². The molecule has 216 valence electrons. The zero-order valence-electron chi connectivity index (χ0n) is 24.2. The van der Waals surface area contributed by atoms with Gasteiger partial charge in [0.25, 0.3) is 0 Å². The molecule has 3 heterocycles. The number of nitrogen functional groups attached to an aromatic ring is 1. The number of nitrogens with one attached hydrogen (secondary N) is 2. The van der Waals surface area contributed by atoms with Crippen molar-refractivity contribution in [1.29, 1.82) is 0 Å². The number of rotatable bonds is 12. The SMILES string of the molecule is CCCCNc1nc(N)nc2c3ccccc3n(Cc3cc(CNCCN4CCCC4)ccc3OC)c12.CCO. The van der Waals surface area contributed by atoms with Crippen molar-refractivity contribution in [3.63, 3.8) is 0 Å². The van der Waals surface area contributed by atoms with Gasteiger partial charge in [-0.05, 0) is 63.0 Å². The minimum Gasteiger partial charge on any atom is -0.496 e. The summed E-state index contributed by atoms with van der Waals surface area (Å²) < 4.78 is 8.08. The van der Waals surface area contributed by atoms with Gasteiger partial charge < -0.3 is 35.7 Å². The number of methoxy groups -OCH3 is 1. The Bertz CT molecular complexity index is 1370. The molecular weight excluding hydrogens is 502 g/mol. The lowest BCUT2D eigenvalue weighted by Crippen LogP contribution is -2.29. The van der Waals surface area contributed by atoms with Crippen LogP contribution in [-0.2, 0) is 13.1 Å². The maximum Gasteiger partial charge on any atom is 0.222 e. The molecule has 0 aliphatic carbocycles. The van der Waals surface area contributed by atoms with Gasteiger partial charge in [-0.1, -0.05) is 37.6 Å². The third-order valence-electron chi connectivity index (χ3n) is 7.25. The third kappa shape index (κ3) is 7.21. The molecule has 5 rings (SSSR count). The molecule has 1 saturated heterocycles. The number of ether oxygens (including phenoxy) is 1. The quantitative estimate of drug-likeness (QED) is 0.190. The highest BCUT2D eigenvalue weighted by atomic mass is 16.5. The second kappa shape index (κ2) is 14.8. The van der Waals surface area contributed by atoms with E-state index < -0.39 is 0 Å². The Morgan fingerprint density at radius 2 is 1.82 bits per heavy atom. The number of aromatic nitrogens is 3. The zero-order valence-corrected chi connectivity index (χ0v) is 24.2. The topological polar surface area (TPSA) is 113 Å². The number of fused-ring (bicyclic) bond motifs is 3. The fourth-order valence-electron chi connectivity index (χ4n) is 5.33. The summed E-state index contributed by atoms with van der Waals surface area (Å²) in [4.78, 5) is 11.8. The molecule has 4 aromatic rings. The number of para-hydroxylation sites is 1. The minimum absolute atomic E-state index is 0.250. The number of unbranched alkanes of at least 4 members (excludes halogenated alkanes) is 1. The maximum atomic E-state index is 7.57. The Morgan fingerprint density at radius 1 is 1.05 bits per heavy atom. The van der Waals surface area contributed by atoms with Crippen molar-refractivity contribution in [3.8, 4) is 5.75 Å². The van der Waals surface area contributed by atoms with E-state index in [2.05, 4.69) is 73.4 Å². The molecule has 40 heavy (non-hydrogen) atoms. The standard InChI is InChI=1S/C29H39N7O.C2H6O/c1-3-4-13-32-28-27-26(33-29(30)34-28)23-9-5-6-10-24(23)36(27)20-22-18-21(11-12-25(22)37-2)19-31-14-17-35-15-7-8-16-35;1-2-3/h5-6,9-12,18,31H,3-4,7-8,13-17,19-20H2,1-2H3,(H3,30,32,33,34);3H,2H2,1H3. The van der Waals surface area contributed by atoms with E-state index in [0.717, 1.165) is 78.1 Å². The number of anilines is 2. The van der Waals surface area contributed by atoms with Crippen LogP contribution in [0.25, 0.3) is 21.9 Å². The Balaban J connectivity index is 0.00000118. The summed E-state index contributed by atoms with van der Waals surface area (Å²) in [5.41, 5.74) is 11.5. The van der Waals surface area contributed by atoms with Gasteiger partial charge in [-0.25, -0.2) is 4.98 Å². The van der Waals surface area contributed by atoms with Gasteiger partial charge in [0, 0.05) is 43.7 Å². The summed E-state index contributed by atoms with van der Waals surface area (Å²) in [7, 11) is 1.74. The molecule has 2 aromatic heterocycles. The van der Waals surface area contributed by atoms with Gasteiger partial charge in [0.15, 0.2) is 5.82 Å². The molecular formula is C31H45N7O2. The average Bonchev–Trinajstić information content (AvgIpc) is 3.59. The first kappa shape index (κ1) is 29.6. The maximum absolute atomic E-state index is 7.57. The lowest BCUT2D eigenvalue weighted by Gasteiger charge is -2.16. The van der Waals surface area contributed by atoms with E-state index in [1.54, 1.807) is 14.0 Å². The van der Waals surface area contributed by atoms with Crippen LogP contribution in [0.3, 0.4) is 0 Å². The van der Waals surface area contributed by atoms with Crippen molar-refractivity contribution in [1.82, 2.24) is 24.8 Å². The van der Waals surface area contributed by atoms with Gasteiger partial charge >= 0.3 is 0 Å².